The Morgan fingerprint density at radius 3 is 2.57 bits per heavy atom. The summed E-state index contributed by atoms with van der Waals surface area (Å²) < 4.78 is 19.1. The number of aryl methyl sites for hydroxylation is 2. The molecule has 2 aromatic carbocycles. The molecule has 0 radical (unpaired) electrons. The second-order valence-corrected chi connectivity index (χ2v) is 5.28. The molecule has 0 heterocycles. The van der Waals surface area contributed by atoms with Crippen LogP contribution in [0.5, 0.6) is 11.5 Å². The zero-order valence-corrected chi connectivity index (χ0v) is 12.9. The van der Waals surface area contributed by atoms with E-state index in [1.807, 2.05) is 19.1 Å². The minimum atomic E-state index is -0.285. The molecule has 0 aliphatic rings. The maximum absolute atomic E-state index is 13.3. The van der Waals surface area contributed by atoms with Crippen molar-refractivity contribution in [3.8, 4) is 11.5 Å². The van der Waals surface area contributed by atoms with Crippen molar-refractivity contribution in [2.45, 2.75) is 33.7 Å². The highest BCUT2D eigenvalue weighted by atomic mass is 19.1. The Bertz CT molecular complexity index is 610. The van der Waals surface area contributed by atoms with Gasteiger partial charge in [-0.05, 0) is 61.7 Å². The zero-order chi connectivity index (χ0) is 15.2. The van der Waals surface area contributed by atoms with Crippen LogP contribution in [0.2, 0.25) is 0 Å². The second-order valence-electron chi connectivity index (χ2n) is 5.28. The van der Waals surface area contributed by atoms with Crippen molar-refractivity contribution in [1.29, 1.82) is 0 Å². The van der Waals surface area contributed by atoms with Gasteiger partial charge in [-0.15, -0.1) is 0 Å². The molecule has 0 saturated heterocycles. The predicted octanol–water partition coefficient (Wildman–Crippen LogP) is 4.73. The van der Waals surface area contributed by atoms with E-state index in [1.54, 1.807) is 6.07 Å². The molecular weight excluding hydrogens is 265 g/mol. The fourth-order valence-corrected chi connectivity index (χ4v) is 2.14. The van der Waals surface area contributed by atoms with E-state index in [0.717, 1.165) is 30.8 Å². The second kappa shape index (κ2) is 7.23. The lowest BCUT2D eigenvalue weighted by Gasteiger charge is -2.12. The van der Waals surface area contributed by atoms with E-state index < -0.39 is 0 Å². The van der Waals surface area contributed by atoms with E-state index in [-0.39, 0.29) is 5.82 Å². The van der Waals surface area contributed by atoms with Crippen LogP contribution < -0.4 is 10.1 Å². The highest BCUT2D eigenvalue weighted by Crippen LogP contribution is 2.27. The van der Waals surface area contributed by atoms with Crippen molar-refractivity contribution in [1.82, 2.24) is 5.32 Å². The molecular formula is C18H22FNO. The average Bonchev–Trinajstić information content (AvgIpc) is 2.45. The van der Waals surface area contributed by atoms with Crippen LogP contribution in [0.25, 0.3) is 0 Å². The number of halogens is 1. The predicted molar refractivity (Wildman–Crippen MR) is 84.4 cm³/mol. The molecule has 2 aromatic rings. The van der Waals surface area contributed by atoms with Gasteiger partial charge < -0.3 is 10.1 Å². The van der Waals surface area contributed by atoms with Crippen LogP contribution in [0.3, 0.4) is 0 Å². The van der Waals surface area contributed by atoms with E-state index in [9.17, 15) is 4.39 Å². The zero-order valence-electron chi connectivity index (χ0n) is 12.9. The van der Waals surface area contributed by atoms with E-state index in [1.165, 1.54) is 23.3 Å². The van der Waals surface area contributed by atoms with Crippen LogP contribution in [-0.4, -0.2) is 6.54 Å². The van der Waals surface area contributed by atoms with E-state index in [2.05, 4.69) is 25.2 Å². The van der Waals surface area contributed by atoms with Gasteiger partial charge in [0.25, 0.3) is 0 Å². The molecule has 0 bridgehead atoms. The molecule has 0 fully saturated rings. The molecule has 2 rings (SSSR count). The standard InChI is InChI=1S/C18H22FNO/c1-4-9-20-12-15-6-8-17(10-14(15)3)21-18-11-16(19)7-5-13(18)2/h5-8,10-11,20H,4,9,12H2,1-3H3. The Morgan fingerprint density at radius 1 is 1.05 bits per heavy atom. The molecule has 0 aromatic heterocycles. The van der Waals surface area contributed by atoms with Gasteiger partial charge in [-0.2, -0.15) is 0 Å². The minimum absolute atomic E-state index is 0.285. The maximum atomic E-state index is 13.3. The van der Waals surface area contributed by atoms with Crippen LogP contribution in [0, 0.1) is 19.7 Å². The molecule has 0 aliphatic carbocycles. The Hall–Kier alpha value is -1.87. The molecule has 3 heteroatoms. The highest BCUT2D eigenvalue weighted by molar-refractivity contribution is 5.40. The third-order valence-corrected chi connectivity index (χ3v) is 3.43. The van der Waals surface area contributed by atoms with Crippen molar-refractivity contribution in [2.24, 2.45) is 0 Å². The number of hydrogen-bond acceptors (Lipinski definition) is 2. The summed E-state index contributed by atoms with van der Waals surface area (Å²) >= 11 is 0. The number of hydrogen-bond donors (Lipinski definition) is 1. The Kier molecular flexibility index (Phi) is 5.34. The fourth-order valence-electron chi connectivity index (χ4n) is 2.14. The minimum Gasteiger partial charge on any atom is -0.457 e. The highest BCUT2D eigenvalue weighted by Gasteiger charge is 2.05. The molecule has 0 unspecified atom stereocenters. The SMILES string of the molecule is CCCNCc1ccc(Oc2cc(F)ccc2C)cc1C. The van der Waals surface area contributed by atoms with E-state index in [4.69, 9.17) is 4.74 Å². The van der Waals surface area contributed by atoms with Crippen molar-refractivity contribution in [3.63, 3.8) is 0 Å². The molecule has 2 nitrogen and oxygen atoms in total. The monoisotopic (exact) mass is 287 g/mol. The van der Waals surface area contributed by atoms with Gasteiger partial charge in [0.15, 0.2) is 0 Å². The first-order valence-electron chi connectivity index (χ1n) is 7.34. The van der Waals surface area contributed by atoms with Gasteiger partial charge in [-0.25, -0.2) is 4.39 Å². The van der Waals surface area contributed by atoms with Crippen molar-refractivity contribution < 1.29 is 9.13 Å². The van der Waals surface area contributed by atoms with Gasteiger partial charge >= 0.3 is 0 Å². The largest absolute Gasteiger partial charge is 0.457 e. The molecule has 112 valence electrons. The lowest BCUT2D eigenvalue weighted by atomic mass is 10.1. The third kappa shape index (κ3) is 4.30. The normalized spacial score (nSPS) is 10.7. The Labute approximate surface area is 126 Å². The van der Waals surface area contributed by atoms with E-state index in [0.29, 0.717) is 5.75 Å². The fraction of sp³-hybridized carbons (Fsp3) is 0.333. The maximum Gasteiger partial charge on any atom is 0.133 e. The number of ether oxygens (including phenoxy) is 1. The molecule has 0 amide bonds. The summed E-state index contributed by atoms with van der Waals surface area (Å²) in [7, 11) is 0. The first kappa shape index (κ1) is 15.5. The van der Waals surface area contributed by atoms with Gasteiger partial charge in [0.05, 0.1) is 0 Å². The van der Waals surface area contributed by atoms with Crippen LogP contribution >= 0.6 is 0 Å². The van der Waals surface area contributed by atoms with E-state index >= 15 is 0 Å². The average molecular weight is 287 g/mol. The van der Waals surface area contributed by atoms with Gasteiger partial charge in [-0.1, -0.05) is 19.1 Å². The lowest BCUT2D eigenvalue weighted by Crippen LogP contribution is -2.14. The topological polar surface area (TPSA) is 21.3 Å². The quantitative estimate of drug-likeness (QED) is 0.775. The van der Waals surface area contributed by atoms with Crippen LogP contribution in [0.4, 0.5) is 4.39 Å². The first-order chi connectivity index (χ1) is 10.1. The summed E-state index contributed by atoms with van der Waals surface area (Å²) in [6.07, 6.45) is 1.12. The summed E-state index contributed by atoms with van der Waals surface area (Å²) in [6, 6.07) is 10.6. The summed E-state index contributed by atoms with van der Waals surface area (Å²) in [4.78, 5) is 0. The third-order valence-electron chi connectivity index (χ3n) is 3.43. The van der Waals surface area contributed by atoms with Gasteiger partial charge in [-0.3, -0.25) is 0 Å². The molecule has 0 spiro atoms. The van der Waals surface area contributed by atoms with Crippen LogP contribution in [0.15, 0.2) is 36.4 Å². The van der Waals surface area contributed by atoms with Gasteiger partial charge in [0.2, 0.25) is 0 Å². The van der Waals surface area contributed by atoms with Crippen LogP contribution in [-0.2, 0) is 6.54 Å². The summed E-state index contributed by atoms with van der Waals surface area (Å²) in [6.45, 7) is 8.00. The number of rotatable bonds is 6. The summed E-state index contributed by atoms with van der Waals surface area (Å²) in [5.41, 5.74) is 3.35. The van der Waals surface area contributed by atoms with Crippen LogP contribution in [0.1, 0.15) is 30.0 Å². The summed E-state index contributed by atoms with van der Waals surface area (Å²) in [5, 5.41) is 3.39. The van der Waals surface area contributed by atoms with Crippen molar-refractivity contribution in [3.05, 3.63) is 58.9 Å². The number of nitrogens with one attached hydrogen (secondary N) is 1. The Morgan fingerprint density at radius 2 is 1.86 bits per heavy atom. The number of benzene rings is 2. The van der Waals surface area contributed by atoms with Gasteiger partial charge in [0, 0.05) is 12.6 Å². The molecule has 0 aliphatic heterocycles. The molecule has 1 N–H and O–H groups in total. The Balaban J connectivity index is 2.11. The molecule has 0 saturated carbocycles. The lowest BCUT2D eigenvalue weighted by molar-refractivity contribution is 0.472. The first-order valence-corrected chi connectivity index (χ1v) is 7.34. The molecule has 0 atom stereocenters. The van der Waals surface area contributed by atoms with Crippen molar-refractivity contribution in [2.75, 3.05) is 6.54 Å². The van der Waals surface area contributed by atoms with Crippen molar-refractivity contribution >= 4 is 0 Å². The molecule has 21 heavy (non-hydrogen) atoms. The van der Waals surface area contributed by atoms with Gasteiger partial charge in [0.1, 0.15) is 17.3 Å². The smallest absolute Gasteiger partial charge is 0.133 e. The summed E-state index contributed by atoms with van der Waals surface area (Å²) in [5.74, 6) is 1.01.